The van der Waals surface area contributed by atoms with Gasteiger partial charge in [0.1, 0.15) is 12.3 Å². The molecular formula is C19H19N3O6. The summed E-state index contributed by atoms with van der Waals surface area (Å²) < 4.78 is 10.7. The van der Waals surface area contributed by atoms with E-state index in [1.54, 1.807) is 18.2 Å². The number of anilines is 2. The highest BCUT2D eigenvalue weighted by molar-refractivity contribution is 5.97. The predicted octanol–water partition coefficient (Wildman–Crippen LogP) is 2.75. The molecule has 0 unspecified atom stereocenters. The van der Waals surface area contributed by atoms with Gasteiger partial charge in [-0.05, 0) is 24.6 Å². The maximum atomic E-state index is 12.5. The highest BCUT2D eigenvalue weighted by Gasteiger charge is 2.27. The number of non-ortho nitro benzene ring substituents is 1. The molecule has 0 bridgehead atoms. The molecule has 0 saturated carbocycles. The second-order valence-electron chi connectivity index (χ2n) is 6.13. The Morgan fingerprint density at radius 2 is 2.11 bits per heavy atom. The maximum absolute atomic E-state index is 12.5. The van der Waals surface area contributed by atoms with Crippen LogP contribution in [0.3, 0.4) is 0 Å². The molecule has 2 aromatic rings. The quantitative estimate of drug-likeness (QED) is 0.338. The average molecular weight is 385 g/mol. The van der Waals surface area contributed by atoms with Crippen LogP contribution in [-0.4, -0.2) is 36.5 Å². The van der Waals surface area contributed by atoms with Gasteiger partial charge < -0.3 is 19.7 Å². The molecule has 0 aromatic heterocycles. The van der Waals surface area contributed by atoms with Gasteiger partial charge in [-0.3, -0.25) is 14.9 Å². The number of carbonyl (C=O) groups is 2. The van der Waals surface area contributed by atoms with Gasteiger partial charge in [0.25, 0.3) is 5.69 Å². The molecule has 1 heterocycles. The van der Waals surface area contributed by atoms with Crippen LogP contribution >= 0.6 is 0 Å². The number of ether oxygens (including phenoxy) is 2. The van der Waals surface area contributed by atoms with Crippen molar-refractivity contribution in [2.75, 3.05) is 29.9 Å². The fourth-order valence-electron chi connectivity index (χ4n) is 2.77. The Hall–Kier alpha value is -3.62. The third-order valence-corrected chi connectivity index (χ3v) is 4.00. The molecule has 9 nitrogen and oxygen atoms in total. The van der Waals surface area contributed by atoms with Crippen molar-refractivity contribution in [1.82, 2.24) is 0 Å². The van der Waals surface area contributed by atoms with E-state index in [9.17, 15) is 19.7 Å². The number of hydrogen-bond acceptors (Lipinski definition) is 7. The van der Waals surface area contributed by atoms with Crippen LogP contribution in [0.4, 0.5) is 17.1 Å². The lowest BCUT2D eigenvalue weighted by atomic mass is 10.2. The number of hydrogen-bond donors (Lipinski definition) is 1. The molecule has 1 aliphatic heterocycles. The first-order chi connectivity index (χ1) is 13.5. The molecule has 0 saturated heterocycles. The Bertz CT molecular complexity index is 914. The summed E-state index contributed by atoms with van der Waals surface area (Å²) in [5, 5.41) is 13.7. The van der Waals surface area contributed by atoms with Crippen molar-refractivity contribution in [2.45, 2.75) is 13.3 Å². The van der Waals surface area contributed by atoms with Crippen LogP contribution in [-0.2, 0) is 9.59 Å². The van der Waals surface area contributed by atoms with Gasteiger partial charge >= 0.3 is 5.97 Å². The first-order valence-electron chi connectivity index (χ1n) is 8.73. The normalized spacial score (nSPS) is 12.8. The number of fused-ring (bicyclic) bond motifs is 1. The fraction of sp³-hybridized carbons (Fsp3) is 0.263. The van der Waals surface area contributed by atoms with Gasteiger partial charge in [0.2, 0.25) is 5.91 Å². The van der Waals surface area contributed by atoms with Crippen LogP contribution in [0.25, 0.3) is 0 Å². The Morgan fingerprint density at radius 3 is 2.86 bits per heavy atom. The summed E-state index contributed by atoms with van der Waals surface area (Å²) in [6.07, 6.45) is 0.834. The van der Waals surface area contributed by atoms with E-state index >= 15 is 0 Å². The second kappa shape index (κ2) is 8.38. The van der Waals surface area contributed by atoms with Crippen LogP contribution in [0.5, 0.6) is 11.5 Å². The number of nitro benzene ring substituents is 1. The van der Waals surface area contributed by atoms with Crippen molar-refractivity contribution in [2.24, 2.45) is 0 Å². The van der Waals surface area contributed by atoms with Gasteiger partial charge in [-0.25, -0.2) is 4.79 Å². The molecule has 1 aliphatic rings. The van der Waals surface area contributed by atoms with Crippen molar-refractivity contribution in [3.63, 3.8) is 0 Å². The lowest BCUT2D eigenvalue weighted by molar-refractivity contribution is -0.384. The zero-order valence-electron chi connectivity index (χ0n) is 15.2. The van der Waals surface area contributed by atoms with Crippen molar-refractivity contribution in [3.8, 4) is 11.5 Å². The summed E-state index contributed by atoms with van der Waals surface area (Å²) in [5.41, 5.74) is 0.778. The van der Waals surface area contributed by atoms with Crippen molar-refractivity contribution < 1.29 is 24.0 Å². The minimum absolute atomic E-state index is 0.0601. The molecule has 146 valence electrons. The number of nitrogens with zero attached hydrogens (tertiary/aromatic N) is 2. The Labute approximate surface area is 161 Å². The highest BCUT2D eigenvalue weighted by atomic mass is 16.6. The van der Waals surface area contributed by atoms with E-state index in [0.717, 1.165) is 6.42 Å². The number of nitrogens with one attached hydrogen (secondary N) is 1. The fourth-order valence-corrected chi connectivity index (χ4v) is 2.77. The number of rotatable bonds is 7. The Kier molecular flexibility index (Phi) is 5.73. The van der Waals surface area contributed by atoms with E-state index in [-0.39, 0.29) is 30.4 Å². The molecule has 0 fully saturated rings. The van der Waals surface area contributed by atoms with E-state index in [0.29, 0.717) is 23.7 Å². The smallest absolute Gasteiger partial charge is 0.331 e. The molecular weight excluding hydrogens is 366 g/mol. The zero-order chi connectivity index (χ0) is 20.1. The number of esters is 1. The van der Waals surface area contributed by atoms with Crippen LogP contribution < -0.4 is 19.7 Å². The summed E-state index contributed by atoms with van der Waals surface area (Å²) >= 11 is 0. The van der Waals surface area contributed by atoms with Crippen LogP contribution in [0, 0.1) is 10.1 Å². The summed E-state index contributed by atoms with van der Waals surface area (Å²) in [5.74, 6) is -0.323. The highest BCUT2D eigenvalue weighted by Crippen LogP contribution is 2.35. The van der Waals surface area contributed by atoms with Gasteiger partial charge in [-0.1, -0.05) is 19.1 Å². The lowest BCUT2D eigenvalue weighted by Gasteiger charge is -2.29. The largest absolute Gasteiger partial charge is 0.491 e. The summed E-state index contributed by atoms with van der Waals surface area (Å²) in [6, 6.07) is 11.0. The molecule has 9 heteroatoms. The van der Waals surface area contributed by atoms with E-state index in [4.69, 9.17) is 9.47 Å². The third-order valence-electron chi connectivity index (χ3n) is 4.00. The standard InChI is InChI=1S/C19H19N3O6/c1-2-9-27-16-6-4-3-5-14(16)20-18(23)11-21-12-19(24)28-17-10-13(22(25)26)7-8-15(17)21/h3-8,10H,2,9,11-12H2,1H3,(H,20,23). The van der Waals surface area contributed by atoms with Crippen molar-refractivity contribution >= 4 is 28.9 Å². The molecule has 0 aliphatic carbocycles. The Balaban J connectivity index is 1.75. The molecule has 1 amide bonds. The van der Waals surface area contributed by atoms with Gasteiger partial charge in [-0.2, -0.15) is 0 Å². The number of para-hydroxylation sites is 2. The molecule has 1 N–H and O–H groups in total. The van der Waals surface area contributed by atoms with E-state index in [1.807, 2.05) is 13.0 Å². The summed E-state index contributed by atoms with van der Waals surface area (Å²) in [6.45, 7) is 2.25. The number of amides is 1. The van der Waals surface area contributed by atoms with E-state index in [2.05, 4.69) is 5.32 Å². The van der Waals surface area contributed by atoms with Gasteiger partial charge in [0, 0.05) is 6.07 Å². The first-order valence-corrected chi connectivity index (χ1v) is 8.73. The average Bonchev–Trinajstić information content (AvgIpc) is 2.66. The molecule has 0 spiro atoms. The number of carbonyl (C=O) groups excluding carboxylic acids is 2. The van der Waals surface area contributed by atoms with Crippen LogP contribution in [0.15, 0.2) is 42.5 Å². The van der Waals surface area contributed by atoms with Crippen LogP contribution in [0.1, 0.15) is 13.3 Å². The van der Waals surface area contributed by atoms with Gasteiger partial charge in [0.15, 0.2) is 5.75 Å². The van der Waals surface area contributed by atoms with E-state index < -0.39 is 10.9 Å². The SMILES string of the molecule is CCCOc1ccccc1NC(=O)CN1CC(=O)Oc2cc([N+](=O)[O-])ccc21. The predicted molar refractivity (Wildman–Crippen MR) is 102 cm³/mol. The summed E-state index contributed by atoms with van der Waals surface area (Å²) in [4.78, 5) is 36.2. The monoisotopic (exact) mass is 385 g/mol. The molecule has 28 heavy (non-hydrogen) atoms. The summed E-state index contributed by atoms with van der Waals surface area (Å²) in [7, 11) is 0. The van der Waals surface area contributed by atoms with Crippen LogP contribution in [0.2, 0.25) is 0 Å². The van der Waals surface area contributed by atoms with E-state index in [1.165, 1.54) is 23.1 Å². The Morgan fingerprint density at radius 1 is 1.32 bits per heavy atom. The zero-order valence-corrected chi connectivity index (χ0v) is 15.2. The van der Waals surface area contributed by atoms with Crippen molar-refractivity contribution in [3.05, 3.63) is 52.6 Å². The molecule has 0 radical (unpaired) electrons. The van der Waals surface area contributed by atoms with Gasteiger partial charge in [-0.15, -0.1) is 0 Å². The molecule has 3 rings (SSSR count). The maximum Gasteiger partial charge on any atom is 0.331 e. The second-order valence-corrected chi connectivity index (χ2v) is 6.13. The van der Waals surface area contributed by atoms with Crippen molar-refractivity contribution in [1.29, 1.82) is 0 Å². The number of benzene rings is 2. The number of nitro groups is 1. The minimum Gasteiger partial charge on any atom is -0.491 e. The molecule has 2 aromatic carbocycles. The minimum atomic E-state index is -0.590. The lowest BCUT2D eigenvalue weighted by Crippen LogP contribution is -2.41. The topological polar surface area (TPSA) is 111 Å². The third kappa shape index (κ3) is 4.37. The van der Waals surface area contributed by atoms with Gasteiger partial charge in [0.05, 0.1) is 35.5 Å². The molecule has 0 atom stereocenters. The first kappa shape index (κ1) is 19.2.